The molecule has 148 valence electrons. The van der Waals surface area contributed by atoms with Crippen LogP contribution in [0.25, 0.3) is 0 Å². The van der Waals surface area contributed by atoms with Gasteiger partial charge in [-0.05, 0) is 31.0 Å². The van der Waals surface area contributed by atoms with Crippen molar-refractivity contribution in [1.29, 1.82) is 0 Å². The fourth-order valence-corrected chi connectivity index (χ4v) is 5.54. The third-order valence-corrected chi connectivity index (χ3v) is 6.78. The van der Waals surface area contributed by atoms with Gasteiger partial charge in [-0.25, -0.2) is 8.42 Å². The molecule has 1 fully saturated rings. The molecule has 28 heavy (non-hydrogen) atoms. The van der Waals surface area contributed by atoms with Gasteiger partial charge in [-0.15, -0.1) is 0 Å². The maximum absolute atomic E-state index is 12.7. The Labute approximate surface area is 165 Å². The van der Waals surface area contributed by atoms with Gasteiger partial charge in [0.15, 0.2) is 9.84 Å². The van der Waals surface area contributed by atoms with Crippen molar-refractivity contribution in [2.45, 2.75) is 31.3 Å². The zero-order valence-corrected chi connectivity index (χ0v) is 16.5. The minimum Gasteiger partial charge on any atom is -0.350 e. The van der Waals surface area contributed by atoms with Crippen molar-refractivity contribution >= 4 is 21.7 Å². The van der Waals surface area contributed by atoms with Gasteiger partial charge in [-0.1, -0.05) is 48.5 Å². The lowest BCUT2D eigenvalue weighted by molar-refractivity contribution is -0.123. The van der Waals surface area contributed by atoms with Crippen LogP contribution in [0.1, 0.15) is 41.7 Å². The van der Waals surface area contributed by atoms with Crippen molar-refractivity contribution in [2.75, 3.05) is 11.5 Å². The van der Waals surface area contributed by atoms with Gasteiger partial charge in [0.25, 0.3) is 5.91 Å². The molecule has 3 rings (SSSR count). The molecule has 2 unspecified atom stereocenters. The highest BCUT2D eigenvalue weighted by molar-refractivity contribution is 7.91. The SMILES string of the molecule is CC1(NC(=O)CC(NC(=O)c2ccccc2)c2ccccc2)CCS(=O)(=O)C1. The van der Waals surface area contributed by atoms with Gasteiger partial charge in [0.05, 0.1) is 29.5 Å². The number of sulfone groups is 1. The van der Waals surface area contributed by atoms with Gasteiger partial charge >= 0.3 is 0 Å². The monoisotopic (exact) mass is 400 g/mol. The molecule has 1 heterocycles. The second-order valence-corrected chi connectivity index (χ2v) is 9.64. The number of nitrogens with one attached hydrogen (secondary N) is 2. The number of hydrogen-bond donors (Lipinski definition) is 2. The van der Waals surface area contributed by atoms with E-state index < -0.39 is 21.4 Å². The highest BCUT2D eigenvalue weighted by Crippen LogP contribution is 2.24. The standard InChI is InChI=1S/C21H24N2O4S/c1-21(12-13-28(26,27)15-21)23-19(24)14-18(16-8-4-2-5-9-16)22-20(25)17-10-6-3-7-11-17/h2-11,18H,12-15H2,1H3,(H,22,25)(H,23,24). The molecule has 0 saturated carbocycles. The lowest BCUT2D eigenvalue weighted by atomic mass is 9.99. The highest BCUT2D eigenvalue weighted by Gasteiger charge is 2.39. The van der Waals surface area contributed by atoms with Gasteiger partial charge in [-0.3, -0.25) is 9.59 Å². The van der Waals surface area contributed by atoms with Crippen LogP contribution in [0.2, 0.25) is 0 Å². The van der Waals surface area contributed by atoms with E-state index in [1.54, 1.807) is 31.2 Å². The Hall–Kier alpha value is -2.67. The number of hydrogen-bond acceptors (Lipinski definition) is 4. The zero-order chi connectivity index (χ0) is 20.2. The molecule has 0 aromatic heterocycles. The molecule has 6 nitrogen and oxygen atoms in total. The number of rotatable bonds is 6. The largest absolute Gasteiger partial charge is 0.350 e. The minimum atomic E-state index is -3.12. The molecule has 2 amide bonds. The third-order valence-electron chi connectivity index (χ3n) is 4.88. The van der Waals surface area contributed by atoms with Crippen molar-refractivity contribution in [1.82, 2.24) is 10.6 Å². The van der Waals surface area contributed by atoms with Crippen LogP contribution in [0.4, 0.5) is 0 Å². The minimum absolute atomic E-state index is 0.0260. The molecule has 2 aromatic rings. The molecule has 0 radical (unpaired) electrons. The van der Waals surface area contributed by atoms with E-state index in [0.717, 1.165) is 5.56 Å². The molecule has 2 aromatic carbocycles. The van der Waals surface area contributed by atoms with Crippen molar-refractivity contribution in [2.24, 2.45) is 0 Å². The van der Waals surface area contributed by atoms with Crippen molar-refractivity contribution in [3.63, 3.8) is 0 Å². The van der Waals surface area contributed by atoms with E-state index in [1.807, 2.05) is 36.4 Å². The predicted molar refractivity (Wildman–Crippen MR) is 108 cm³/mol. The fraction of sp³-hybridized carbons (Fsp3) is 0.333. The molecule has 0 aliphatic carbocycles. The Morgan fingerprint density at radius 1 is 1.04 bits per heavy atom. The average molecular weight is 401 g/mol. The van der Waals surface area contributed by atoms with Crippen molar-refractivity contribution in [3.05, 3.63) is 71.8 Å². The maximum Gasteiger partial charge on any atom is 0.251 e. The van der Waals surface area contributed by atoms with Gasteiger partial charge < -0.3 is 10.6 Å². The second kappa shape index (κ2) is 8.14. The molecule has 7 heteroatoms. The third kappa shape index (κ3) is 5.19. The van der Waals surface area contributed by atoms with Crippen molar-refractivity contribution in [3.8, 4) is 0 Å². The van der Waals surface area contributed by atoms with E-state index in [1.165, 1.54) is 0 Å². The first-order valence-corrected chi connectivity index (χ1v) is 11.0. The van der Waals surface area contributed by atoms with Crippen LogP contribution in [0.3, 0.4) is 0 Å². The molecular weight excluding hydrogens is 376 g/mol. The Bertz CT molecular complexity index is 945. The number of amides is 2. The van der Waals surface area contributed by atoms with Crippen LogP contribution >= 0.6 is 0 Å². The average Bonchev–Trinajstić information content (AvgIpc) is 2.95. The van der Waals surface area contributed by atoms with Gasteiger partial charge in [0.1, 0.15) is 0 Å². The first-order valence-electron chi connectivity index (χ1n) is 9.19. The summed E-state index contributed by atoms with van der Waals surface area (Å²) in [6, 6.07) is 17.6. The summed E-state index contributed by atoms with van der Waals surface area (Å²) in [7, 11) is -3.12. The molecule has 2 N–H and O–H groups in total. The van der Waals surface area contributed by atoms with Gasteiger partial charge in [0.2, 0.25) is 5.91 Å². The predicted octanol–water partition coefficient (Wildman–Crippen LogP) is 2.24. The molecular formula is C21H24N2O4S. The quantitative estimate of drug-likeness (QED) is 0.778. The molecule has 1 aliphatic rings. The molecule has 1 aliphatic heterocycles. The second-order valence-electron chi connectivity index (χ2n) is 7.46. The smallest absolute Gasteiger partial charge is 0.251 e. The zero-order valence-electron chi connectivity index (χ0n) is 15.7. The first-order chi connectivity index (χ1) is 13.3. The summed E-state index contributed by atoms with van der Waals surface area (Å²) >= 11 is 0. The number of carbonyl (C=O) groups excluding carboxylic acids is 2. The summed E-state index contributed by atoms with van der Waals surface area (Å²) in [5.41, 5.74) is 0.560. The number of benzene rings is 2. The Morgan fingerprint density at radius 2 is 1.64 bits per heavy atom. The lowest BCUT2D eigenvalue weighted by Gasteiger charge is -2.26. The molecule has 0 spiro atoms. The van der Waals surface area contributed by atoms with Crippen LogP contribution in [0.15, 0.2) is 60.7 Å². The Balaban J connectivity index is 1.73. The molecule has 2 atom stereocenters. The Morgan fingerprint density at radius 3 is 2.21 bits per heavy atom. The van der Waals surface area contributed by atoms with E-state index in [0.29, 0.717) is 12.0 Å². The van der Waals surface area contributed by atoms with E-state index in [-0.39, 0.29) is 29.7 Å². The van der Waals surface area contributed by atoms with Gasteiger partial charge in [0, 0.05) is 5.56 Å². The summed E-state index contributed by atoms with van der Waals surface area (Å²) in [4.78, 5) is 25.2. The van der Waals surface area contributed by atoms with Gasteiger partial charge in [-0.2, -0.15) is 0 Å². The normalized spacial score (nSPS) is 21.6. The Kier molecular flexibility index (Phi) is 5.84. The first kappa shape index (κ1) is 20.1. The lowest BCUT2D eigenvalue weighted by Crippen LogP contribution is -2.48. The maximum atomic E-state index is 12.7. The summed E-state index contributed by atoms with van der Waals surface area (Å²) in [6.45, 7) is 1.75. The fourth-order valence-electron chi connectivity index (χ4n) is 3.45. The van der Waals surface area contributed by atoms with Crippen LogP contribution in [-0.4, -0.2) is 37.3 Å². The summed E-state index contributed by atoms with van der Waals surface area (Å²) in [5.74, 6) is -0.534. The molecule has 1 saturated heterocycles. The van der Waals surface area contributed by atoms with Crippen LogP contribution in [0.5, 0.6) is 0 Å². The highest BCUT2D eigenvalue weighted by atomic mass is 32.2. The summed E-state index contributed by atoms with van der Waals surface area (Å²) in [5, 5.41) is 5.77. The van der Waals surface area contributed by atoms with Crippen molar-refractivity contribution < 1.29 is 18.0 Å². The van der Waals surface area contributed by atoms with Crippen LogP contribution in [-0.2, 0) is 14.6 Å². The topological polar surface area (TPSA) is 92.3 Å². The summed E-state index contributed by atoms with van der Waals surface area (Å²) in [6.07, 6.45) is 0.422. The van der Waals surface area contributed by atoms with E-state index >= 15 is 0 Å². The van der Waals surface area contributed by atoms with E-state index in [4.69, 9.17) is 0 Å². The number of carbonyl (C=O) groups is 2. The van der Waals surface area contributed by atoms with E-state index in [9.17, 15) is 18.0 Å². The summed E-state index contributed by atoms with van der Waals surface area (Å²) < 4.78 is 23.5. The molecule has 0 bridgehead atoms. The van der Waals surface area contributed by atoms with Crippen LogP contribution < -0.4 is 10.6 Å². The van der Waals surface area contributed by atoms with E-state index in [2.05, 4.69) is 10.6 Å². The van der Waals surface area contributed by atoms with Crippen LogP contribution in [0, 0.1) is 0 Å².